The average molecular weight is 697 g/mol. The maximum absolute atomic E-state index is 14.2. The summed E-state index contributed by atoms with van der Waals surface area (Å²) in [4.78, 5) is 69.2. The Hall–Kier alpha value is -4.45. The van der Waals surface area contributed by atoms with Crippen molar-refractivity contribution in [2.75, 3.05) is 6.54 Å². The van der Waals surface area contributed by atoms with Crippen LogP contribution in [0.5, 0.6) is 0 Å². The van der Waals surface area contributed by atoms with E-state index in [9.17, 15) is 32.4 Å². The van der Waals surface area contributed by atoms with Crippen LogP contribution < -0.4 is 20.7 Å². The van der Waals surface area contributed by atoms with E-state index < -0.39 is 80.2 Å². The second-order valence-corrected chi connectivity index (χ2v) is 16.3. The summed E-state index contributed by atoms with van der Waals surface area (Å²) >= 11 is 0. The van der Waals surface area contributed by atoms with Crippen molar-refractivity contribution < 1.29 is 37.1 Å². The molecule has 5 atom stereocenters. The largest absolute Gasteiger partial charge is 0.444 e. The third-order valence-corrected chi connectivity index (χ3v) is 11.0. The van der Waals surface area contributed by atoms with Gasteiger partial charge in [0.25, 0.3) is 11.8 Å². The van der Waals surface area contributed by atoms with Crippen LogP contribution in [0, 0.1) is 17.2 Å². The molecule has 1 aromatic rings. The van der Waals surface area contributed by atoms with Gasteiger partial charge in [0.2, 0.25) is 21.8 Å². The second kappa shape index (κ2) is 14.2. The highest BCUT2D eigenvalue weighted by Crippen LogP contribution is 2.46. The molecule has 2 saturated carbocycles. The van der Waals surface area contributed by atoms with E-state index in [1.54, 1.807) is 20.8 Å². The lowest BCUT2D eigenvalue weighted by Gasteiger charge is -2.30. The van der Waals surface area contributed by atoms with Gasteiger partial charge in [-0.15, -0.1) is 0 Å². The van der Waals surface area contributed by atoms with Crippen LogP contribution in [0.1, 0.15) is 94.5 Å². The Morgan fingerprint density at radius 1 is 1.04 bits per heavy atom. The Morgan fingerprint density at radius 2 is 1.76 bits per heavy atom. The van der Waals surface area contributed by atoms with Gasteiger partial charge in [0.1, 0.15) is 23.2 Å². The molecule has 4 N–H and O–H groups in total. The molecular formula is C34H44N6O8S. The average Bonchev–Trinajstić information content (AvgIpc) is 3.95. The lowest BCUT2D eigenvalue weighted by atomic mass is 10.0. The van der Waals surface area contributed by atoms with Crippen LogP contribution in [0.25, 0.3) is 0 Å². The number of amides is 5. The Morgan fingerprint density at radius 3 is 2.41 bits per heavy atom. The monoisotopic (exact) mass is 696 g/mol. The minimum Gasteiger partial charge on any atom is -0.444 e. The Balaban J connectivity index is 1.42. The normalized spacial score (nSPS) is 28.2. The molecule has 2 aliphatic heterocycles. The molecule has 5 amide bonds. The van der Waals surface area contributed by atoms with Gasteiger partial charge in [0.15, 0.2) is 0 Å². The number of hydrogen-bond acceptors (Lipinski definition) is 9. The molecule has 264 valence electrons. The minimum atomic E-state index is -3.90. The van der Waals surface area contributed by atoms with E-state index in [2.05, 4.69) is 20.7 Å². The fourth-order valence-corrected chi connectivity index (χ4v) is 7.68. The number of benzene rings is 1. The highest BCUT2D eigenvalue weighted by atomic mass is 32.2. The van der Waals surface area contributed by atoms with Gasteiger partial charge in [-0.05, 0) is 90.0 Å². The number of nitrogens with zero attached hydrogens (tertiary/aromatic N) is 2. The fourth-order valence-electron chi connectivity index (χ4n) is 6.32. The summed E-state index contributed by atoms with van der Waals surface area (Å²) in [6.07, 6.45) is 7.12. The molecule has 0 spiro atoms. The first-order valence-corrected chi connectivity index (χ1v) is 18.3. The smallest absolute Gasteiger partial charge is 0.408 e. The van der Waals surface area contributed by atoms with Crippen LogP contribution in [-0.4, -0.2) is 84.1 Å². The van der Waals surface area contributed by atoms with Gasteiger partial charge in [0.05, 0.1) is 16.9 Å². The predicted octanol–water partition coefficient (Wildman–Crippen LogP) is 2.15. The van der Waals surface area contributed by atoms with Gasteiger partial charge in [-0.2, -0.15) is 5.26 Å². The summed E-state index contributed by atoms with van der Waals surface area (Å²) < 4.78 is 33.0. The Kier molecular flexibility index (Phi) is 10.4. The molecule has 2 heterocycles. The Bertz CT molecular complexity index is 1660. The molecule has 1 saturated heterocycles. The van der Waals surface area contributed by atoms with Crippen molar-refractivity contribution in [3.05, 3.63) is 47.5 Å². The van der Waals surface area contributed by atoms with E-state index in [0.29, 0.717) is 31.2 Å². The van der Waals surface area contributed by atoms with Gasteiger partial charge < -0.3 is 25.6 Å². The van der Waals surface area contributed by atoms with Gasteiger partial charge in [-0.3, -0.25) is 23.9 Å². The number of allylic oxidation sites excluding steroid dienone is 1. The van der Waals surface area contributed by atoms with Crippen LogP contribution in [0.4, 0.5) is 4.79 Å². The van der Waals surface area contributed by atoms with Crippen LogP contribution in [0.2, 0.25) is 0 Å². The van der Waals surface area contributed by atoms with E-state index in [1.165, 1.54) is 29.2 Å². The Labute approximate surface area is 286 Å². The summed E-state index contributed by atoms with van der Waals surface area (Å²) in [5, 5.41) is 16.8. The van der Waals surface area contributed by atoms with E-state index in [0.717, 1.165) is 12.8 Å². The van der Waals surface area contributed by atoms with Crippen LogP contribution in [0.15, 0.2) is 36.4 Å². The number of rotatable bonds is 6. The van der Waals surface area contributed by atoms with Crippen molar-refractivity contribution in [3.8, 4) is 6.07 Å². The third kappa shape index (κ3) is 8.78. The van der Waals surface area contributed by atoms with Gasteiger partial charge in [-0.25, -0.2) is 13.2 Å². The molecule has 15 heteroatoms. The van der Waals surface area contributed by atoms with Crippen molar-refractivity contribution in [1.29, 1.82) is 5.26 Å². The number of alkyl carbamates (subject to hydrolysis) is 1. The van der Waals surface area contributed by atoms with Crippen LogP contribution in [-0.2, 0) is 29.1 Å². The van der Waals surface area contributed by atoms with Crippen molar-refractivity contribution in [3.63, 3.8) is 0 Å². The third-order valence-electron chi connectivity index (χ3n) is 9.18. The molecular weight excluding hydrogens is 652 g/mol. The molecule has 0 unspecified atom stereocenters. The van der Waals surface area contributed by atoms with E-state index in [1.807, 2.05) is 18.2 Å². The molecule has 4 aliphatic rings. The van der Waals surface area contributed by atoms with Crippen molar-refractivity contribution >= 4 is 39.7 Å². The van der Waals surface area contributed by atoms with Gasteiger partial charge in [-0.1, -0.05) is 25.0 Å². The first-order valence-electron chi connectivity index (χ1n) is 16.8. The van der Waals surface area contributed by atoms with Gasteiger partial charge >= 0.3 is 6.09 Å². The van der Waals surface area contributed by atoms with Crippen LogP contribution in [0.3, 0.4) is 0 Å². The molecule has 3 fully saturated rings. The number of fused-ring (bicyclic) bond motifs is 2. The molecule has 0 aromatic heterocycles. The quantitative estimate of drug-likeness (QED) is 0.321. The number of carbonyl (C=O) groups excluding carboxylic acids is 5. The number of ether oxygens (including phenoxy) is 1. The maximum Gasteiger partial charge on any atom is 0.408 e. The summed E-state index contributed by atoms with van der Waals surface area (Å²) in [6, 6.07) is 5.14. The first-order chi connectivity index (χ1) is 23.1. The lowest BCUT2D eigenvalue weighted by molar-refractivity contribution is -0.141. The number of hydrogen-bond donors (Lipinski definition) is 4. The van der Waals surface area contributed by atoms with Crippen molar-refractivity contribution in [2.45, 2.75) is 113 Å². The molecule has 49 heavy (non-hydrogen) atoms. The molecule has 14 nitrogen and oxygen atoms in total. The first kappa shape index (κ1) is 35.8. The SMILES string of the molecule is CC(C)(C)OC(=O)N[C@H]1CCCCC/C=C\[C@H]2C[C@@]2(C(=O)NS(=O)(=O)C2CC2)NC(=O)[C@@H]2C[C@@H](NC(=O)c3ccc(C#N)cc3)CN2C1=O. The highest BCUT2D eigenvalue weighted by Gasteiger charge is 2.62. The van der Waals surface area contributed by atoms with Crippen LogP contribution >= 0.6 is 0 Å². The number of nitriles is 1. The number of carbonyl (C=O) groups is 5. The fraction of sp³-hybridized carbons (Fsp3) is 0.588. The van der Waals surface area contributed by atoms with Crippen molar-refractivity contribution in [1.82, 2.24) is 25.6 Å². The lowest BCUT2D eigenvalue weighted by Crippen LogP contribution is -2.58. The van der Waals surface area contributed by atoms with Gasteiger partial charge in [0, 0.05) is 24.1 Å². The summed E-state index contributed by atoms with van der Waals surface area (Å²) in [7, 11) is -3.90. The summed E-state index contributed by atoms with van der Waals surface area (Å²) in [5.41, 5.74) is -1.68. The van der Waals surface area contributed by atoms with E-state index in [-0.39, 0.29) is 31.4 Å². The minimum absolute atomic E-state index is 0.00265. The molecule has 5 rings (SSSR count). The van der Waals surface area contributed by atoms with E-state index >= 15 is 0 Å². The molecule has 0 bridgehead atoms. The van der Waals surface area contributed by atoms with E-state index in [4.69, 9.17) is 10.00 Å². The van der Waals surface area contributed by atoms with Crippen molar-refractivity contribution in [2.24, 2.45) is 5.92 Å². The maximum atomic E-state index is 14.2. The summed E-state index contributed by atoms with van der Waals surface area (Å²) in [6.45, 7) is 5.04. The second-order valence-electron chi connectivity index (χ2n) is 14.3. The topological polar surface area (TPSA) is 204 Å². The molecule has 0 radical (unpaired) electrons. The number of nitrogens with one attached hydrogen (secondary N) is 4. The zero-order valence-corrected chi connectivity index (χ0v) is 28.8. The number of sulfonamides is 1. The highest BCUT2D eigenvalue weighted by molar-refractivity contribution is 7.91. The zero-order valence-electron chi connectivity index (χ0n) is 28.0. The predicted molar refractivity (Wildman–Crippen MR) is 177 cm³/mol. The standard InChI is InChI=1S/C34H44N6O8S/c1-33(2,3)48-32(45)37-26-10-8-6-4-5-7-9-23-18-34(23,31(44)39-49(46,47)25-15-16-25)38-29(42)27-17-24(20-40(27)30(26)43)36-28(41)22-13-11-21(19-35)12-14-22/h7,9,11-14,23-27H,4-6,8,10,15-18,20H2,1-3H3,(H,36,41)(H,37,45)(H,38,42)(H,39,44)/b9-7-/t23-,24+,26-,27-,34+/m0/s1. The summed E-state index contributed by atoms with van der Waals surface area (Å²) in [5.74, 6) is -2.96. The molecule has 2 aliphatic carbocycles. The molecule has 1 aromatic carbocycles. The zero-order chi connectivity index (χ0) is 35.6.